The SMILES string of the molecule is CCCCCCCC/C=C(/I)CC. The first-order chi connectivity index (χ1) is 6.31. The maximum absolute atomic E-state index is 2.44. The first-order valence-corrected chi connectivity index (χ1v) is 6.73. The van der Waals surface area contributed by atoms with Crippen LogP contribution in [0.15, 0.2) is 9.66 Å². The number of unbranched alkanes of at least 4 members (excludes halogenated alkanes) is 6. The first-order valence-electron chi connectivity index (χ1n) is 5.65. The maximum atomic E-state index is 2.44. The van der Waals surface area contributed by atoms with Gasteiger partial charge in [-0.05, 0) is 45.4 Å². The predicted molar refractivity (Wildman–Crippen MR) is 70.4 cm³/mol. The number of hydrogen-bond acceptors (Lipinski definition) is 0. The second kappa shape index (κ2) is 10.6. The third-order valence-corrected chi connectivity index (χ3v) is 3.46. The fourth-order valence-corrected chi connectivity index (χ4v) is 1.64. The summed E-state index contributed by atoms with van der Waals surface area (Å²) in [5.74, 6) is 0. The Balaban J connectivity index is 3.08. The van der Waals surface area contributed by atoms with Crippen LogP contribution in [0.25, 0.3) is 0 Å². The molecule has 0 aliphatic heterocycles. The molecule has 0 aliphatic carbocycles. The maximum Gasteiger partial charge on any atom is -0.0137 e. The third-order valence-electron chi connectivity index (χ3n) is 2.26. The third kappa shape index (κ3) is 10.4. The van der Waals surface area contributed by atoms with Crippen LogP contribution in [0.1, 0.15) is 65.2 Å². The Labute approximate surface area is 97.3 Å². The number of allylic oxidation sites excluding steroid dienone is 2. The molecular weight excluding hydrogens is 271 g/mol. The van der Waals surface area contributed by atoms with E-state index in [1.807, 2.05) is 0 Å². The van der Waals surface area contributed by atoms with Crippen molar-refractivity contribution in [1.29, 1.82) is 0 Å². The molecule has 0 rings (SSSR count). The Kier molecular flexibility index (Phi) is 10.9. The van der Waals surface area contributed by atoms with Crippen LogP contribution in [0, 0.1) is 0 Å². The molecule has 0 nitrogen and oxygen atoms in total. The average molecular weight is 294 g/mol. The second-order valence-corrected chi connectivity index (χ2v) is 4.95. The minimum atomic E-state index is 1.20. The smallest absolute Gasteiger partial charge is 0.0137 e. The van der Waals surface area contributed by atoms with Crippen molar-refractivity contribution in [2.75, 3.05) is 0 Å². The highest BCUT2D eigenvalue weighted by atomic mass is 127. The van der Waals surface area contributed by atoms with Crippen LogP contribution >= 0.6 is 22.6 Å². The van der Waals surface area contributed by atoms with Gasteiger partial charge in [0.1, 0.15) is 0 Å². The van der Waals surface area contributed by atoms with Crippen molar-refractivity contribution in [3.63, 3.8) is 0 Å². The summed E-state index contributed by atoms with van der Waals surface area (Å²) < 4.78 is 1.52. The highest BCUT2D eigenvalue weighted by Gasteiger charge is 1.89. The van der Waals surface area contributed by atoms with Gasteiger partial charge in [-0.1, -0.05) is 52.0 Å². The lowest BCUT2D eigenvalue weighted by atomic mass is 10.1. The lowest BCUT2D eigenvalue weighted by Crippen LogP contribution is -1.78. The minimum absolute atomic E-state index is 1.20. The number of halogens is 1. The molecule has 0 spiro atoms. The summed E-state index contributed by atoms with van der Waals surface area (Å²) in [4.78, 5) is 0. The van der Waals surface area contributed by atoms with Crippen molar-refractivity contribution in [1.82, 2.24) is 0 Å². The number of hydrogen-bond donors (Lipinski definition) is 0. The molecule has 0 amide bonds. The highest BCUT2D eigenvalue weighted by molar-refractivity contribution is 14.1. The van der Waals surface area contributed by atoms with Gasteiger partial charge in [0.15, 0.2) is 0 Å². The topological polar surface area (TPSA) is 0 Å². The molecule has 0 unspecified atom stereocenters. The quantitative estimate of drug-likeness (QED) is 0.411. The molecule has 0 radical (unpaired) electrons. The Hall–Kier alpha value is 0.470. The molecule has 0 atom stereocenters. The van der Waals surface area contributed by atoms with E-state index in [1.54, 1.807) is 0 Å². The molecule has 78 valence electrons. The van der Waals surface area contributed by atoms with Crippen molar-refractivity contribution in [3.8, 4) is 0 Å². The van der Waals surface area contributed by atoms with E-state index >= 15 is 0 Å². The van der Waals surface area contributed by atoms with Gasteiger partial charge in [0, 0.05) is 0 Å². The molecule has 0 aromatic carbocycles. The second-order valence-electron chi connectivity index (χ2n) is 3.56. The summed E-state index contributed by atoms with van der Waals surface area (Å²) in [6.07, 6.45) is 13.3. The van der Waals surface area contributed by atoms with E-state index in [-0.39, 0.29) is 0 Å². The van der Waals surface area contributed by atoms with Crippen LogP contribution in [0.5, 0.6) is 0 Å². The van der Waals surface area contributed by atoms with Crippen LogP contribution < -0.4 is 0 Å². The molecule has 0 aromatic rings. The molecular formula is C12H23I. The van der Waals surface area contributed by atoms with E-state index < -0.39 is 0 Å². The number of rotatable bonds is 8. The van der Waals surface area contributed by atoms with Gasteiger partial charge in [-0.15, -0.1) is 0 Å². The van der Waals surface area contributed by atoms with Gasteiger partial charge >= 0.3 is 0 Å². The van der Waals surface area contributed by atoms with E-state index in [9.17, 15) is 0 Å². The summed E-state index contributed by atoms with van der Waals surface area (Å²) >= 11 is 2.44. The molecule has 0 saturated heterocycles. The van der Waals surface area contributed by atoms with Gasteiger partial charge in [-0.25, -0.2) is 0 Å². The zero-order valence-electron chi connectivity index (χ0n) is 9.11. The summed E-state index contributed by atoms with van der Waals surface area (Å²) in [6.45, 7) is 4.49. The Bertz CT molecular complexity index is 127. The lowest BCUT2D eigenvalue weighted by Gasteiger charge is -1.98. The molecule has 0 fully saturated rings. The van der Waals surface area contributed by atoms with Crippen molar-refractivity contribution in [3.05, 3.63) is 9.66 Å². The highest BCUT2D eigenvalue weighted by Crippen LogP contribution is 2.13. The minimum Gasteiger partial charge on any atom is -0.0752 e. The fraction of sp³-hybridized carbons (Fsp3) is 0.833. The molecule has 0 N–H and O–H groups in total. The van der Waals surface area contributed by atoms with Crippen molar-refractivity contribution < 1.29 is 0 Å². The van der Waals surface area contributed by atoms with Crippen LogP contribution in [-0.4, -0.2) is 0 Å². The van der Waals surface area contributed by atoms with Gasteiger partial charge in [0.2, 0.25) is 0 Å². The van der Waals surface area contributed by atoms with E-state index in [0.717, 1.165) is 0 Å². The van der Waals surface area contributed by atoms with Gasteiger partial charge in [-0.2, -0.15) is 0 Å². The molecule has 0 aromatic heterocycles. The molecule has 0 saturated carbocycles. The Morgan fingerprint density at radius 2 is 1.62 bits per heavy atom. The van der Waals surface area contributed by atoms with Crippen molar-refractivity contribution in [2.24, 2.45) is 0 Å². The van der Waals surface area contributed by atoms with Crippen molar-refractivity contribution >= 4 is 22.6 Å². The standard InChI is InChI=1S/C12H23I/c1-3-5-6-7-8-9-10-11-12(13)4-2/h11H,3-10H2,1-2H3/b12-11+. The van der Waals surface area contributed by atoms with Gasteiger partial charge in [0.05, 0.1) is 0 Å². The first kappa shape index (κ1) is 13.5. The van der Waals surface area contributed by atoms with E-state index in [0.29, 0.717) is 0 Å². The van der Waals surface area contributed by atoms with Crippen LogP contribution in [0.4, 0.5) is 0 Å². The summed E-state index contributed by atoms with van der Waals surface area (Å²) in [5.41, 5.74) is 0. The average Bonchev–Trinajstić information content (AvgIpc) is 2.16. The van der Waals surface area contributed by atoms with Gasteiger partial charge in [-0.3, -0.25) is 0 Å². The fourth-order valence-electron chi connectivity index (χ4n) is 1.33. The van der Waals surface area contributed by atoms with E-state index in [2.05, 4.69) is 42.5 Å². The monoisotopic (exact) mass is 294 g/mol. The van der Waals surface area contributed by atoms with Crippen LogP contribution in [0.2, 0.25) is 0 Å². The van der Waals surface area contributed by atoms with Gasteiger partial charge in [0.25, 0.3) is 0 Å². The molecule has 0 heterocycles. The van der Waals surface area contributed by atoms with Crippen LogP contribution in [0.3, 0.4) is 0 Å². The normalized spacial score (nSPS) is 12.1. The van der Waals surface area contributed by atoms with E-state index in [4.69, 9.17) is 0 Å². The Morgan fingerprint density at radius 1 is 1.00 bits per heavy atom. The summed E-state index contributed by atoms with van der Waals surface area (Å²) in [6, 6.07) is 0. The molecule has 0 bridgehead atoms. The molecule has 1 heteroatoms. The lowest BCUT2D eigenvalue weighted by molar-refractivity contribution is 0.611. The summed E-state index contributed by atoms with van der Waals surface area (Å²) in [5, 5.41) is 0. The largest absolute Gasteiger partial charge is 0.0752 e. The zero-order chi connectivity index (χ0) is 9.94. The predicted octanol–water partition coefficient (Wildman–Crippen LogP) is 5.47. The van der Waals surface area contributed by atoms with E-state index in [1.165, 1.54) is 54.9 Å². The zero-order valence-corrected chi connectivity index (χ0v) is 11.3. The summed E-state index contributed by atoms with van der Waals surface area (Å²) in [7, 11) is 0. The van der Waals surface area contributed by atoms with Gasteiger partial charge < -0.3 is 0 Å². The Morgan fingerprint density at radius 3 is 2.23 bits per heavy atom. The molecule has 13 heavy (non-hydrogen) atoms. The van der Waals surface area contributed by atoms with Crippen molar-refractivity contribution in [2.45, 2.75) is 65.2 Å². The van der Waals surface area contributed by atoms with Crippen LogP contribution in [-0.2, 0) is 0 Å². The molecule has 0 aliphatic rings.